The van der Waals surface area contributed by atoms with E-state index in [9.17, 15) is 4.79 Å². The van der Waals surface area contributed by atoms with E-state index in [-0.39, 0.29) is 5.91 Å². The number of hydrogen-bond donors (Lipinski definition) is 1. The summed E-state index contributed by atoms with van der Waals surface area (Å²) < 4.78 is 0. The number of thiazole rings is 1. The number of amides is 1. The second-order valence-corrected chi connectivity index (χ2v) is 6.22. The highest BCUT2D eigenvalue weighted by atomic mass is 32.1. The van der Waals surface area contributed by atoms with E-state index in [1.165, 1.54) is 11.3 Å². The zero-order valence-corrected chi connectivity index (χ0v) is 12.2. The lowest BCUT2D eigenvalue weighted by atomic mass is 10.2. The van der Waals surface area contributed by atoms with Crippen molar-refractivity contribution >= 4 is 22.9 Å². The number of carbonyl (C=O) groups is 1. The molecule has 4 nitrogen and oxygen atoms in total. The zero-order chi connectivity index (χ0) is 14.1. The summed E-state index contributed by atoms with van der Waals surface area (Å²) in [5, 5.41) is 2.76. The van der Waals surface area contributed by atoms with Crippen molar-refractivity contribution < 1.29 is 4.79 Å². The second-order valence-electron chi connectivity index (χ2n) is 5.16. The Kier molecular flexibility index (Phi) is 3.44. The van der Waals surface area contributed by atoms with E-state index in [0.29, 0.717) is 18.3 Å². The largest absolute Gasteiger partial charge is 0.399 e. The summed E-state index contributed by atoms with van der Waals surface area (Å²) in [5.74, 6) is 0.0271. The van der Waals surface area contributed by atoms with Crippen molar-refractivity contribution in [3.05, 3.63) is 45.9 Å². The summed E-state index contributed by atoms with van der Waals surface area (Å²) in [6, 6.07) is 8.07. The molecule has 104 valence electrons. The fraction of sp³-hybridized carbons (Fsp3) is 0.333. The number of carbonyl (C=O) groups excluding carboxylic acids is 1. The summed E-state index contributed by atoms with van der Waals surface area (Å²) in [6.45, 7) is 2.52. The zero-order valence-electron chi connectivity index (χ0n) is 11.4. The Balaban J connectivity index is 1.81. The molecule has 2 N–H and O–H groups in total. The lowest BCUT2D eigenvalue weighted by molar-refractivity contribution is 0.0724. The predicted octanol–water partition coefficient (Wildman–Crippen LogP) is 2.84. The van der Waals surface area contributed by atoms with Gasteiger partial charge >= 0.3 is 0 Å². The van der Waals surface area contributed by atoms with Crippen LogP contribution < -0.4 is 5.73 Å². The van der Waals surface area contributed by atoms with E-state index in [4.69, 9.17) is 5.73 Å². The second kappa shape index (κ2) is 5.25. The number of rotatable bonds is 4. The number of nitrogens with zero attached hydrogens (tertiary/aromatic N) is 2. The summed E-state index contributed by atoms with van der Waals surface area (Å²) >= 11 is 1.51. The molecule has 1 aromatic heterocycles. The first-order chi connectivity index (χ1) is 9.63. The fourth-order valence-corrected chi connectivity index (χ4v) is 2.84. The number of benzene rings is 1. The minimum Gasteiger partial charge on any atom is -0.399 e. The van der Waals surface area contributed by atoms with Gasteiger partial charge in [0.2, 0.25) is 0 Å². The van der Waals surface area contributed by atoms with E-state index in [2.05, 4.69) is 4.98 Å². The summed E-state index contributed by atoms with van der Waals surface area (Å²) in [5.41, 5.74) is 8.16. The SMILES string of the molecule is Cc1nc(C(=O)N(Cc2cccc(N)c2)C2CC2)cs1. The molecule has 0 radical (unpaired) electrons. The third kappa shape index (κ3) is 2.82. The summed E-state index contributed by atoms with van der Waals surface area (Å²) in [4.78, 5) is 18.8. The number of aromatic nitrogens is 1. The van der Waals surface area contributed by atoms with Gasteiger partial charge in [-0.1, -0.05) is 12.1 Å². The Hall–Kier alpha value is -1.88. The molecule has 5 heteroatoms. The third-order valence-electron chi connectivity index (χ3n) is 3.39. The molecule has 3 rings (SSSR count). The van der Waals surface area contributed by atoms with Crippen molar-refractivity contribution in [2.24, 2.45) is 0 Å². The van der Waals surface area contributed by atoms with E-state index in [1.54, 1.807) is 0 Å². The summed E-state index contributed by atoms with van der Waals surface area (Å²) in [7, 11) is 0. The third-order valence-corrected chi connectivity index (χ3v) is 4.16. The quantitative estimate of drug-likeness (QED) is 0.880. The van der Waals surface area contributed by atoms with Gasteiger partial charge in [-0.25, -0.2) is 4.98 Å². The molecule has 1 aromatic carbocycles. The van der Waals surface area contributed by atoms with Crippen molar-refractivity contribution in [2.75, 3.05) is 5.73 Å². The van der Waals surface area contributed by atoms with Crippen molar-refractivity contribution in [2.45, 2.75) is 32.4 Å². The number of aryl methyl sites for hydroxylation is 1. The summed E-state index contributed by atoms with van der Waals surface area (Å²) in [6.07, 6.45) is 2.16. The Morgan fingerprint density at radius 1 is 1.50 bits per heavy atom. The van der Waals surface area contributed by atoms with Gasteiger partial charge in [0, 0.05) is 23.7 Å². The molecule has 1 fully saturated rings. The normalized spacial score (nSPS) is 14.2. The van der Waals surface area contributed by atoms with E-state index in [0.717, 1.165) is 29.1 Å². The van der Waals surface area contributed by atoms with E-state index < -0.39 is 0 Å². The van der Waals surface area contributed by atoms with Crippen molar-refractivity contribution in [1.29, 1.82) is 0 Å². The van der Waals surface area contributed by atoms with Gasteiger partial charge in [-0.15, -0.1) is 11.3 Å². The molecule has 1 amide bonds. The number of anilines is 1. The van der Waals surface area contributed by atoms with Crippen molar-refractivity contribution in [3.63, 3.8) is 0 Å². The monoisotopic (exact) mass is 287 g/mol. The van der Waals surface area contributed by atoms with Crippen LogP contribution in [-0.2, 0) is 6.54 Å². The van der Waals surface area contributed by atoms with Gasteiger partial charge in [0.25, 0.3) is 5.91 Å². The first-order valence-corrected chi connectivity index (χ1v) is 7.59. The predicted molar refractivity (Wildman–Crippen MR) is 80.6 cm³/mol. The van der Waals surface area contributed by atoms with Crippen LogP contribution in [0.25, 0.3) is 0 Å². The molecule has 0 saturated heterocycles. The Morgan fingerprint density at radius 3 is 2.90 bits per heavy atom. The van der Waals surface area contributed by atoms with Gasteiger partial charge in [0.05, 0.1) is 5.01 Å². The molecule has 0 spiro atoms. The molecule has 0 aliphatic heterocycles. The standard InChI is InChI=1S/C15H17N3OS/c1-10-17-14(9-20-10)15(19)18(13-5-6-13)8-11-3-2-4-12(16)7-11/h2-4,7,9,13H,5-6,8,16H2,1H3. The maximum Gasteiger partial charge on any atom is 0.273 e. The molecule has 1 aliphatic rings. The van der Waals surface area contributed by atoms with Crippen LogP contribution in [0.3, 0.4) is 0 Å². The average molecular weight is 287 g/mol. The Bertz CT molecular complexity index is 634. The smallest absolute Gasteiger partial charge is 0.273 e. The van der Waals surface area contributed by atoms with Gasteiger partial charge in [0.15, 0.2) is 0 Å². The van der Waals surface area contributed by atoms with E-state index >= 15 is 0 Å². The van der Waals surface area contributed by atoms with Crippen LogP contribution in [0.5, 0.6) is 0 Å². The van der Waals surface area contributed by atoms with Crippen molar-refractivity contribution in [1.82, 2.24) is 9.88 Å². The molecule has 1 saturated carbocycles. The Labute approximate surface area is 122 Å². The van der Waals surface area contributed by atoms with Crippen LogP contribution in [0, 0.1) is 6.92 Å². The van der Waals surface area contributed by atoms with Crippen LogP contribution in [0.15, 0.2) is 29.6 Å². The minimum absolute atomic E-state index is 0.0271. The highest BCUT2D eigenvalue weighted by Crippen LogP contribution is 2.30. The molecule has 0 bridgehead atoms. The van der Waals surface area contributed by atoms with Gasteiger partial charge in [0.1, 0.15) is 5.69 Å². The van der Waals surface area contributed by atoms with Crippen LogP contribution in [0.4, 0.5) is 5.69 Å². The highest BCUT2D eigenvalue weighted by Gasteiger charge is 2.33. The maximum atomic E-state index is 12.6. The van der Waals surface area contributed by atoms with Crippen LogP contribution in [-0.4, -0.2) is 21.8 Å². The molecule has 20 heavy (non-hydrogen) atoms. The molecule has 1 heterocycles. The van der Waals surface area contributed by atoms with E-state index in [1.807, 2.05) is 41.5 Å². The van der Waals surface area contributed by atoms with Crippen LogP contribution in [0.1, 0.15) is 33.9 Å². The lowest BCUT2D eigenvalue weighted by Gasteiger charge is -2.21. The fourth-order valence-electron chi connectivity index (χ4n) is 2.25. The van der Waals surface area contributed by atoms with Crippen molar-refractivity contribution in [3.8, 4) is 0 Å². The molecular formula is C15H17N3OS. The topological polar surface area (TPSA) is 59.2 Å². The van der Waals surface area contributed by atoms with Gasteiger partial charge < -0.3 is 10.6 Å². The molecule has 0 atom stereocenters. The average Bonchev–Trinajstić information content (AvgIpc) is 3.17. The first-order valence-electron chi connectivity index (χ1n) is 6.71. The number of nitrogens with two attached hydrogens (primary N) is 1. The van der Waals surface area contributed by atoms with Crippen LogP contribution >= 0.6 is 11.3 Å². The molecular weight excluding hydrogens is 270 g/mol. The number of nitrogen functional groups attached to an aromatic ring is 1. The minimum atomic E-state index is 0.0271. The van der Waals surface area contributed by atoms with Crippen LogP contribution in [0.2, 0.25) is 0 Å². The molecule has 1 aliphatic carbocycles. The highest BCUT2D eigenvalue weighted by molar-refractivity contribution is 7.09. The lowest BCUT2D eigenvalue weighted by Crippen LogP contribution is -2.32. The Morgan fingerprint density at radius 2 is 2.30 bits per heavy atom. The molecule has 0 unspecified atom stereocenters. The maximum absolute atomic E-state index is 12.6. The first kappa shape index (κ1) is 13.1. The van der Waals surface area contributed by atoms with Gasteiger partial charge in [-0.3, -0.25) is 4.79 Å². The van der Waals surface area contributed by atoms with Gasteiger partial charge in [-0.2, -0.15) is 0 Å². The molecule has 2 aromatic rings. The van der Waals surface area contributed by atoms with Gasteiger partial charge in [-0.05, 0) is 37.5 Å². The number of hydrogen-bond acceptors (Lipinski definition) is 4.